The Balaban J connectivity index is 1.49. The average Bonchev–Trinajstić information content (AvgIpc) is 3.22. The maximum Gasteiger partial charge on any atom is 0.243 e. The van der Waals surface area contributed by atoms with E-state index < -0.39 is 0 Å². The van der Waals surface area contributed by atoms with Gasteiger partial charge in [0.1, 0.15) is 0 Å². The van der Waals surface area contributed by atoms with E-state index in [1.54, 1.807) is 7.05 Å². The van der Waals surface area contributed by atoms with Crippen molar-refractivity contribution in [3.63, 3.8) is 0 Å². The maximum atomic E-state index is 12.4. The third kappa shape index (κ3) is 5.68. The van der Waals surface area contributed by atoms with Gasteiger partial charge in [0.2, 0.25) is 17.0 Å². The molecule has 0 saturated heterocycles. The minimum absolute atomic E-state index is 0.0132. The third-order valence-electron chi connectivity index (χ3n) is 4.32. The molecule has 2 amide bonds. The molecule has 0 unspecified atom stereocenters. The van der Waals surface area contributed by atoms with Gasteiger partial charge < -0.3 is 10.2 Å². The molecule has 7 nitrogen and oxygen atoms in total. The van der Waals surface area contributed by atoms with E-state index in [1.807, 2.05) is 61.5 Å². The monoisotopic (exact) mass is 409 g/mol. The van der Waals surface area contributed by atoms with Crippen LogP contribution >= 0.6 is 11.8 Å². The molecule has 3 aromatic rings. The third-order valence-corrected chi connectivity index (χ3v) is 5.15. The van der Waals surface area contributed by atoms with E-state index in [1.165, 1.54) is 16.7 Å². The summed E-state index contributed by atoms with van der Waals surface area (Å²) < 4.78 is 0. The second-order valence-corrected chi connectivity index (χ2v) is 7.37. The minimum atomic E-state index is -0.226. The highest BCUT2D eigenvalue weighted by atomic mass is 32.2. The highest BCUT2D eigenvalue weighted by Gasteiger charge is 2.15. The first kappa shape index (κ1) is 20.6. The number of benzene rings is 2. The molecule has 0 aliphatic rings. The number of aryl methyl sites for hydroxylation is 1. The SMILES string of the molecule is CCc1ccccc1NC(=O)CN(C)C(=O)CSc1n[nH]c(-c2ccccc2)n1. The lowest BCUT2D eigenvalue weighted by molar-refractivity contribution is -0.131. The zero-order chi connectivity index (χ0) is 20.6. The molecule has 0 spiro atoms. The van der Waals surface area contributed by atoms with E-state index in [9.17, 15) is 9.59 Å². The van der Waals surface area contributed by atoms with E-state index in [0.29, 0.717) is 11.0 Å². The van der Waals surface area contributed by atoms with Crippen molar-refractivity contribution >= 4 is 29.3 Å². The molecule has 29 heavy (non-hydrogen) atoms. The quantitative estimate of drug-likeness (QED) is 0.558. The number of nitrogens with zero attached hydrogens (tertiary/aromatic N) is 3. The topological polar surface area (TPSA) is 91.0 Å². The van der Waals surface area contributed by atoms with Crippen molar-refractivity contribution in [1.82, 2.24) is 20.1 Å². The van der Waals surface area contributed by atoms with Crippen molar-refractivity contribution in [3.8, 4) is 11.4 Å². The molecule has 0 atom stereocenters. The van der Waals surface area contributed by atoms with Crippen molar-refractivity contribution in [2.24, 2.45) is 0 Å². The van der Waals surface area contributed by atoms with Crippen LogP contribution < -0.4 is 5.32 Å². The molecule has 0 saturated carbocycles. The second-order valence-electron chi connectivity index (χ2n) is 6.43. The number of carbonyl (C=O) groups excluding carboxylic acids is 2. The van der Waals surface area contributed by atoms with Crippen molar-refractivity contribution in [1.29, 1.82) is 0 Å². The molecule has 2 aromatic carbocycles. The van der Waals surface area contributed by atoms with Gasteiger partial charge in [-0.1, -0.05) is 67.2 Å². The highest BCUT2D eigenvalue weighted by Crippen LogP contribution is 2.19. The van der Waals surface area contributed by atoms with Gasteiger partial charge >= 0.3 is 0 Å². The number of amides is 2. The summed E-state index contributed by atoms with van der Waals surface area (Å²) in [6.07, 6.45) is 0.823. The summed E-state index contributed by atoms with van der Waals surface area (Å²) in [6.45, 7) is 2.02. The van der Waals surface area contributed by atoms with Crippen molar-refractivity contribution in [2.75, 3.05) is 24.7 Å². The van der Waals surface area contributed by atoms with Crippen LogP contribution in [0.4, 0.5) is 5.69 Å². The number of H-pyrrole nitrogens is 1. The average molecular weight is 410 g/mol. The lowest BCUT2D eigenvalue weighted by Crippen LogP contribution is -2.36. The van der Waals surface area contributed by atoms with Gasteiger partial charge in [0, 0.05) is 18.3 Å². The molecule has 0 bridgehead atoms. The molecule has 2 N–H and O–H groups in total. The molecular weight excluding hydrogens is 386 g/mol. The van der Waals surface area contributed by atoms with E-state index in [-0.39, 0.29) is 24.1 Å². The van der Waals surface area contributed by atoms with E-state index in [0.717, 1.165) is 23.2 Å². The predicted octanol–water partition coefficient (Wildman–Crippen LogP) is 3.22. The first-order chi connectivity index (χ1) is 14.1. The number of aromatic amines is 1. The van der Waals surface area contributed by atoms with Crippen LogP contribution in [-0.2, 0) is 16.0 Å². The normalized spacial score (nSPS) is 10.6. The van der Waals surface area contributed by atoms with Crippen LogP contribution in [0.5, 0.6) is 0 Å². The van der Waals surface area contributed by atoms with E-state index in [2.05, 4.69) is 20.5 Å². The number of aromatic nitrogens is 3. The molecule has 8 heteroatoms. The fraction of sp³-hybridized carbons (Fsp3) is 0.238. The first-order valence-electron chi connectivity index (χ1n) is 9.29. The summed E-state index contributed by atoms with van der Waals surface area (Å²) in [7, 11) is 1.61. The maximum absolute atomic E-state index is 12.4. The summed E-state index contributed by atoms with van der Waals surface area (Å²) in [4.78, 5) is 30.5. The number of rotatable bonds is 8. The summed E-state index contributed by atoms with van der Waals surface area (Å²) in [5.74, 6) is 0.417. The number of para-hydroxylation sites is 1. The van der Waals surface area contributed by atoms with Crippen molar-refractivity contribution < 1.29 is 9.59 Å². The number of anilines is 1. The van der Waals surface area contributed by atoms with Crippen LogP contribution in [0, 0.1) is 0 Å². The Labute approximate surface area is 173 Å². The number of thioether (sulfide) groups is 1. The Kier molecular flexibility index (Phi) is 7.02. The predicted molar refractivity (Wildman–Crippen MR) is 115 cm³/mol. The largest absolute Gasteiger partial charge is 0.336 e. The number of nitrogens with one attached hydrogen (secondary N) is 2. The molecule has 1 heterocycles. The second kappa shape index (κ2) is 9.88. The summed E-state index contributed by atoms with van der Waals surface area (Å²) >= 11 is 1.23. The number of carbonyl (C=O) groups is 2. The van der Waals surface area contributed by atoms with Crippen LogP contribution in [-0.4, -0.2) is 51.2 Å². The molecule has 3 rings (SSSR count). The van der Waals surface area contributed by atoms with Crippen LogP contribution in [0.3, 0.4) is 0 Å². The Morgan fingerprint density at radius 3 is 2.59 bits per heavy atom. The van der Waals surface area contributed by atoms with Gasteiger partial charge in [-0.25, -0.2) is 4.98 Å². The summed E-state index contributed by atoms with van der Waals surface area (Å²) in [5, 5.41) is 10.4. The lowest BCUT2D eigenvalue weighted by atomic mass is 10.1. The number of hydrogen-bond acceptors (Lipinski definition) is 5. The van der Waals surface area contributed by atoms with Gasteiger partial charge in [0.15, 0.2) is 5.82 Å². The molecule has 150 valence electrons. The van der Waals surface area contributed by atoms with Crippen LogP contribution in [0.1, 0.15) is 12.5 Å². The van der Waals surface area contributed by atoms with Gasteiger partial charge in [0.25, 0.3) is 0 Å². The van der Waals surface area contributed by atoms with Gasteiger partial charge in [-0.15, -0.1) is 5.10 Å². The van der Waals surface area contributed by atoms with Crippen LogP contribution in [0.15, 0.2) is 59.8 Å². The Hall–Kier alpha value is -3.13. The molecule has 0 aliphatic heterocycles. The lowest BCUT2D eigenvalue weighted by Gasteiger charge is -2.17. The van der Waals surface area contributed by atoms with Gasteiger partial charge in [-0.2, -0.15) is 0 Å². The molecule has 0 fully saturated rings. The van der Waals surface area contributed by atoms with Crippen LogP contribution in [0.25, 0.3) is 11.4 Å². The van der Waals surface area contributed by atoms with Gasteiger partial charge in [0.05, 0.1) is 12.3 Å². The zero-order valence-corrected chi connectivity index (χ0v) is 17.2. The van der Waals surface area contributed by atoms with Crippen molar-refractivity contribution in [3.05, 3.63) is 60.2 Å². The molecular formula is C21H23N5O2S. The van der Waals surface area contributed by atoms with Gasteiger partial charge in [-0.3, -0.25) is 14.7 Å². The smallest absolute Gasteiger partial charge is 0.243 e. The van der Waals surface area contributed by atoms with Crippen molar-refractivity contribution in [2.45, 2.75) is 18.5 Å². The van der Waals surface area contributed by atoms with Gasteiger partial charge in [-0.05, 0) is 18.1 Å². The number of hydrogen-bond donors (Lipinski definition) is 2. The molecule has 0 aliphatic carbocycles. The van der Waals surface area contributed by atoms with E-state index >= 15 is 0 Å². The zero-order valence-electron chi connectivity index (χ0n) is 16.4. The Bertz CT molecular complexity index is 974. The minimum Gasteiger partial charge on any atom is -0.336 e. The highest BCUT2D eigenvalue weighted by molar-refractivity contribution is 7.99. The molecule has 1 aromatic heterocycles. The Morgan fingerprint density at radius 1 is 1.10 bits per heavy atom. The standard InChI is InChI=1S/C21H23N5O2S/c1-3-15-9-7-8-12-17(15)22-18(27)13-26(2)19(28)14-29-21-23-20(24-25-21)16-10-5-4-6-11-16/h4-12H,3,13-14H2,1-2H3,(H,22,27)(H,23,24,25). The number of likely N-dealkylation sites (N-methyl/N-ethyl adjacent to an activating group) is 1. The fourth-order valence-electron chi connectivity index (χ4n) is 2.72. The van der Waals surface area contributed by atoms with E-state index in [4.69, 9.17) is 0 Å². The molecule has 0 radical (unpaired) electrons. The summed E-state index contributed by atoms with van der Waals surface area (Å²) in [6, 6.07) is 17.3. The fourth-order valence-corrected chi connectivity index (χ4v) is 3.46. The summed E-state index contributed by atoms with van der Waals surface area (Å²) in [5.41, 5.74) is 2.77. The first-order valence-corrected chi connectivity index (χ1v) is 10.3. The Morgan fingerprint density at radius 2 is 1.83 bits per heavy atom. The van der Waals surface area contributed by atoms with Crippen LogP contribution in [0.2, 0.25) is 0 Å².